The molecule has 0 atom stereocenters. The molecular weight excluding hydrogens is 280 g/mol. The van der Waals surface area contributed by atoms with Crippen LogP contribution in [0.2, 0.25) is 0 Å². The van der Waals surface area contributed by atoms with Crippen LogP contribution in [0.15, 0.2) is 0 Å². The van der Waals surface area contributed by atoms with Crippen LogP contribution >= 0.6 is 0 Å². The second-order valence-electron chi connectivity index (χ2n) is 5.90. The van der Waals surface area contributed by atoms with E-state index in [0.717, 1.165) is 18.9 Å². The van der Waals surface area contributed by atoms with E-state index in [-0.39, 0.29) is 0 Å². The van der Waals surface area contributed by atoms with Crippen LogP contribution < -0.4 is 0 Å². The fraction of sp³-hybridized carbons (Fsp3) is 0.889. The molecule has 22 heavy (non-hydrogen) atoms. The Morgan fingerprint density at radius 1 is 0.682 bits per heavy atom. The second kappa shape index (κ2) is 16.8. The molecule has 0 spiro atoms. The van der Waals surface area contributed by atoms with Crippen LogP contribution in [0.1, 0.15) is 40.5 Å². The lowest BCUT2D eigenvalue weighted by Crippen LogP contribution is -2.12. The van der Waals surface area contributed by atoms with Gasteiger partial charge in [0.25, 0.3) is 0 Å². The van der Waals surface area contributed by atoms with E-state index in [1.807, 2.05) is 0 Å². The Balaban J connectivity index is 3.05. The zero-order valence-electron chi connectivity index (χ0n) is 14.9. The van der Waals surface area contributed by atoms with Crippen LogP contribution in [0, 0.1) is 23.7 Å². The van der Waals surface area contributed by atoms with E-state index < -0.39 is 0 Å². The van der Waals surface area contributed by atoms with Crippen molar-refractivity contribution < 1.29 is 18.9 Å². The Labute approximate surface area is 136 Å². The molecule has 0 aromatic rings. The smallest absolute Gasteiger partial charge is 0.107 e. The molecule has 0 amide bonds. The van der Waals surface area contributed by atoms with E-state index in [4.69, 9.17) is 18.9 Å². The van der Waals surface area contributed by atoms with Crippen molar-refractivity contribution >= 4 is 0 Å². The van der Waals surface area contributed by atoms with Gasteiger partial charge in [-0.25, -0.2) is 0 Å². The van der Waals surface area contributed by atoms with Gasteiger partial charge >= 0.3 is 0 Å². The molecule has 0 rings (SSSR count). The summed E-state index contributed by atoms with van der Waals surface area (Å²) in [6.45, 7) is 13.5. The molecule has 0 radical (unpaired) electrons. The van der Waals surface area contributed by atoms with Crippen molar-refractivity contribution in [1.29, 1.82) is 0 Å². The quantitative estimate of drug-likeness (QED) is 0.364. The Morgan fingerprint density at radius 2 is 1.18 bits per heavy atom. The van der Waals surface area contributed by atoms with E-state index in [0.29, 0.717) is 52.2 Å². The van der Waals surface area contributed by atoms with Gasteiger partial charge in [-0.1, -0.05) is 39.5 Å². The van der Waals surface area contributed by atoms with Crippen LogP contribution in [-0.4, -0.2) is 52.9 Å². The highest BCUT2D eigenvalue weighted by Crippen LogP contribution is 2.02. The fourth-order valence-electron chi connectivity index (χ4n) is 1.62. The summed E-state index contributed by atoms with van der Waals surface area (Å²) >= 11 is 0. The zero-order chi connectivity index (χ0) is 16.5. The first kappa shape index (κ1) is 21.4. The fourth-order valence-corrected chi connectivity index (χ4v) is 1.62. The van der Waals surface area contributed by atoms with Crippen molar-refractivity contribution in [2.24, 2.45) is 11.8 Å². The summed E-state index contributed by atoms with van der Waals surface area (Å²) in [4.78, 5) is 0. The monoisotopic (exact) mass is 314 g/mol. The van der Waals surface area contributed by atoms with Crippen molar-refractivity contribution in [3.05, 3.63) is 0 Å². The van der Waals surface area contributed by atoms with Gasteiger partial charge in [0.15, 0.2) is 0 Å². The minimum Gasteiger partial charge on any atom is -0.379 e. The first-order valence-electron chi connectivity index (χ1n) is 8.42. The van der Waals surface area contributed by atoms with Crippen molar-refractivity contribution in [2.75, 3.05) is 52.9 Å². The molecule has 0 aromatic heterocycles. The van der Waals surface area contributed by atoms with E-state index in [2.05, 4.69) is 39.5 Å². The average molecular weight is 314 g/mol. The molecule has 0 N–H and O–H groups in total. The lowest BCUT2D eigenvalue weighted by molar-refractivity contribution is 0.000739. The van der Waals surface area contributed by atoms with Gasteiger partial charge < -0.3 is 18.9 Å². The Kier molecular flexibility index (Phi) is 16.3. The molecule has 0 saturated heterocycles. The van der Waals surface area contributed by atoms with Crippen LogP contribution in [0.3, 0.4) is 0 Å². The van der Waals surface area contributed by atoms with Crippen LogP contribution in [0.25, 0.3) is 0 Å². The van der Waals surface area contributed by atoms with Gasteiger partial charge in [0.05, 0.1) is 39.6 Å². The Bertz CT molecular complexity index is 279. The number of rotatable bonds is 14. The van der Waals surface area contributed by atoms with E-state index in [1.54, 1.807) is 0 Å². The van der Waals surface area contributed by atoms with Gasteiger partial charge in [-0.15, -0.1) is 0 Å². The maximum Gasteiger partial charge on any atom is 0.107 e. The Morgan fingerprint density at radius 3 is 1.68 bits per heavy atom. The van der Waals surface area contributed by atoms with Crippen molar-refractivity contribution in [1.82, 2.24) is 0 Å². The van der Waals surface area contributed by atoms with Crippen molar-refractivity contribution in [3.63, 3.8) is 0 Å². The summed E-state index contributed by atoms with van der Waals surface area (Å²) < 4.78 is 21.6. The SMILES string of the molecule is CC(C)C#CCOCCOCCOCCOCCCC(C)C. The summed E-state index contributed by atoms with van der Waals surface area (Å²) in [7, 11) is 0. The summed E-state index contributed by atoms with van der Waals surface area (Å²) in [5, 5.41) is 0. The van der Waals surface area contributed by atoms with Gasteiger partial charge in [-0.2, -0.15) is 0 Å². The lowest BCUT2D eigenvalue weighted by Gasteiger charge is -2.07. The maximum atomic E-state index is 5.48. The number of hydrogen-bond donors (Lipinski definition) is 0. The molecule has 0 heterocycles. The molecule has 0 aromatic carbocycles. The molecule has 0 fully saturated rings. The van der Waals surface area contributed by atoms with Crippen LogP contribution in [-0.2, 0) is 18.9 Å². The molecular formula is C18H34O4. The van der Waals surface area contributed by atoms with Crippen molar-refractivity contribution in [2.45, 2.75) is 40.5 Å². The van der Waals surface area contributed by atoms with Gasteiger partial charge in [-0.05, 0) is 18.8 Å². The molecule has 0 unspecified atom stereocenters. The molecule has 4 nitrogen and oxygen atoms in total. The summed E-state index contributed by atoms with van der Waals surface area (Å²) in [6.07, 6.45) is 2.35. The highest BCUT2D eigenvalue weighted by Gasteiger charge is 1.95. The molecule has 4 heteroatoms. The topological polar surface area (TPSA) is 36.9 Å². The summed E-state index contributed by atoms with van der Waals surface area (Å²) in [5.41, 5.74) is 0. The van der Waals surface area contributed by atoms with Crippen molar-refractivity contribution in [3.8, 4) is 11.8 Å². The van der Waals surface area contributed by atoms with Gasteiger partial charge in [0.1, 0.15) is 6.61 Å². The minimum atomic E-state index is 0.399. The van der Waals surface area contributed by atoms with Gasteiger partial charge in [0.2, 0.25) is 0 Å². The first-order chi connectivity index (χ1) is 10.6. The first-order valence-corrected chi connectivity index (χ1v) is 8.42. The maximum absolute atomic E-state index is 5.48. The van der Waals surface area contributed by atoms with E-state index in [1.165, 1.54) is 6.42 Å². The highest BCUT2D eigenvalue weighted by atomic mass is 16.6. The molecule has 0 bridgehead atoms. The predicted octanol–water partition coefficient (Wildman–Crippen LogP) is 3.15. The molecule has 0 saturated carbocycles. The highest BCUT2D eigenvalue weighted by molar-refractivity contribution is 5.01. The van der Waals surface area contributed by atoms with Crippen LogP contribution in [0.5, 0.6) is 0 Å². The van der Waals surface area contributed by atoms with E-state index in [9.17, 15) is 0 Å². The third-order valence-corrected chi connectivity index (χ3v) is 2.75. The average Bonchev–Trinajstić information content (AvgIpc) is 2.46. The molecule has 130 valence electrons. The van der Waals surface area contributed by atoms with Gasteiger partial charge in [0, 0.05) is 12.5 Å². The standard InChI is InChI=1S/C18H34O4/c1-17(2)7-5-9-19-11-13-21-15-16-22-14-12-20-10-6-8-18(3)4/h17-18H,5,7,9-16H2,1-4H3. The van der Waals surface area contributed by atoms with E-state index >= 15 is 0 Å². The number of hydrogen-bond acceptors (Lipinski definition) is 4. The summed E-state index contributed by atoms with van der Waals surface area (Å²) in [6, 6.07) is 0. The molecule has 0 aliphatic heterocycles. The summed E-state index contributed by atoms with van der Waals surface area (Å²) in [5.74, 6) is 7.16. The largest absolute Gasteiger partial charge is 0.379 e. The third-order valence-electron chi connectivity index (χ3n) is 2.75. The predicted molar refractivity (Wildman–Crippen MR) is 90.0 cm³/mol. The lowest BCUT2D eigenvalue weighted by atomic mass is 10.1. The number of ether oxygens (including phenoxy) is 4. The minimum absolute atomic E-state index is 0.399. The van der Waals surface area contributed by atoms with Crippen LogP contribution in [0.4, 0.5) is 0 Å². The third kappa shape index (κ3) is 19.4. The second-order valence-corrected chi connectivity index (χ2v) is 5.90. The zero-order valence-corrected chi connectivity index (χ0v) is 14.9. The molecule has 0 aliphatic rings. The molecule has 0 aliphatic carbocycles. The normalized spacial score (nSPS) is 11.0. The Hall–Kier alpha value is -0.600. The van der Waals surface area contributed by atoms with Gasteiger partial charge in [-0.3, -0.25) is 0 Å².